The van der Waals surface area contributed by atoms with Crippen molar-refractivity contribution in [2.45, 2.75) is 44.6 Å². The van der Waals surface area contributed by atoms with Crippen LogP contribution in [-0.4, -0.2) is 17.7 Å². The van der Waals surface area contributed by atoms with Crippen molar-refractivity contribution in [2.75, 3.05) is 11.5 Å². The van der Waals surface area contributed by atoms with E-state index in [0.29, 0.717) is 5.75 Å². The second-order valence-corrected chi connectivity index (χ2v) is 5.43. The van der Waals surface area contributed by atoms with Crippen LogP contribution in [0.3, 0.4) is 0 Å². The van der Waals surface area contributed by atoms with E-state index in [9.17, 15) is 4.79 Å². The molecule has 0 heterocycles. The lowest BCUT2D eigenvalue weighted by Gasteiger charge is -2.14. The van der Waals surface area contributed by atoms with Crippen LogP contribution in [0.1, 0.15) is 32.3 Å². The largest absolute Gasteiger partial charge is 0.398 e. The first-order valence-corrected chi connectivity index (χ1v) is 7.33. The molecule has 0 bridgehead atoms. The first-order chi connectivity index (χ1) is 8.56. The van der Waals surface area contributed by atoms with Crippen molar-refractivity contribution in [3.63, 3.8) is 0 Å². The van der Waals surface area contributed by atoms with Gasteiger partial charge < -0.3 is 11.1 Å². The minimum absolute atomic E-state index is 0.0775. The standard InChI is InChI=1S/C14H22N2OS/c1-4-11(5-2)16-14(17)9-18-13-7-6-10(3)8-12(13)15/h6-8,11H,4-5,9,15H2,1-3H3,(H,16,17). The average Bonchev–Trinajstić information content (AvgIpc) is 2.35. The Hall–Kier alpha value is -1.16. The molecule has 0 fully saturated rings. The number of carbonyl (C=O) groups is 1. The quantitative estimate of drug-likeness (QED) is 0.615. The van der Waals surface area contributed by atoms with Crippen molar-refractivity contribution in [2.24, 2.45) is 0 Å². The van der Waals surface area contributed by atoms with Crippen LogP contribution in [0, 0.1) is 6.92 Å². The van der Waals surface area contributed by atoms with Gasteiger partial charge in [0.15, 0.2) is 0 Å². The maximum Gasteiger partial charge on any atom is 0.230 e. The number of rotatable bonds is 6. The number of thioether (sulfide) groups is 1. The highest BCUT2D eigenvalue weighted by Crippen LogP contribution is 2.25. The monoisotopic (exact) mass is 266 g/mol. The highest BCUT2D eigenvalue weighted by molar-refractivity contribution is 8.00. The van der Waals surface area contributed by atoms with Crippen LogP contribution in [-0.2, 0) is 4.79 Å². The van der Waals surface area contributed by atoms with E-state index in [-0.39, 0.29) is 11.9 Å². The number of hydrogen-bond acceptors (Lipinski definition) is 3. The van der Waals surface area contributed by atoms with Gasteiger partial charge in [0.25, 0.3) is 0 Å². The van der Waals surface area contributed by atoms with E-state index < -0.39 is 0 Å². The molecular weight excluding hydrogens is 244 g/mol. The van der Waals surface area contributed by atoms with Gasteiger partial charge in [0.05, 0.1) is 5.75 Å². The smallest absolute Gasteiger partial charge is 0.230 e. The third-order valence-corrected chi connectivity index (χ3v) is 3.96. The Morgan fingerprint density at radius 2 is 2.06 bits per heavy atom. The SMILES string of the molecule is CCC(CC)NC(=O)CSc1ccc(C)cc1N. The summed E-state index contributed by atoms with van der Waals surface area (Å²) in [4.78, 5) is 12.7. The Labute approximate surface area is 114 Å². The molecule has 0 aliphatic carbocycles. The first-order valence-electron chi connectivity index (χ1n) is 6.35. The molecule has 100 valence electrons. The van der Waals surface area contributed by atoms with Gasteiger partial charge in [0.2, 0.25) is 5.91 Å². The first kappa shape index (κ1) is 14.9. The Kier molecular flexibility index (Phi) is 6.05. The van der Waals surface area contributed by atoms with E-state index in [1.807, 2.05) is 25.1 Å². The normalized spacial score (nSPS) is 10.7. The van der Waals surface area contributed by atoms with Crippen molar-refractivity contribution in [1.82, 2.24) is 5.32 Å². The van der Waals surface area contributed by atoms with E-state index >= 15 is 0 Å². The number of benzene rings is 1. The number of amides is 1. The van der Waals surface area contributed by atoms with Crippen LogP contribution in [0.2, 0.25) is 0 Å². The molecular formula is C14H22N2OS. The molecule has 1 aromatic carbocycles. The Balaban J connectivity index is 2.47. The molecule has 0 aromatic heterocycles. The van der Waals surface area contributed by atoms with Gasteiger partial charge in [-0.25, -0.2) is 0 Å². The van der Waals surface area contributed by atoms with Gasteiger partial charge in [-0.05, 0) is 37.5 Å². The van der Waals surface area contributed by atoms with Crippen LogP contribution in [0.25, 0.3) is 0 Å². The number of anilines is 1. The van der Waals surface area contributed by atoms with E-state index in [4.69, 9.17) is 5.73 Å². The van der Waals surface area contributed by atoms with Gasteiger partial charge in [0, 0.05) is 16.6 Å². The Morgan fingerprint density at radius 1 is 1.39 bits per heavy atom. The summed E-state index contributed by atoms with van der Waals surface area (Å²) in [6.07, 6.45) is 1.94. The molecule has 1 rings (SSSR count). The maximum atomic E-state index is 11.8. The molecule has 0 spiro atoms. The summed E-state index contributed by atoms with van der Waals surface area (Å²) in [6, 6.07) is 6.20. The lowest BCUT2D eigenvalue weighted by atomic mass is 10.2. The molecule has 3 nitrogen and oxygen atoms in total. The molecule has 1 aromatic rings. The fourth-order valence-corrected chi connectivity index (χ4v) is 2.46. The third-order valence-electron chi connectivity index (χ3n) is 2.87. The third kappa shape index (κ3) is 4.61. The minimum Gasteiger partial charge on any atom is -0.398 e. The summed E-state index contributed by atoms with van der Waals surface area (Å²) in [5, 5.41) is 3.02. The van der Waals surface area contributed by atoms with Crippen LogP contribution in [0.5, 0.6) is 0 Å². The highest BCUT2D eigenvalue weighted by atomic mass is 32.2. The lowest BCUT2D eigenvalue weighted by molar-refractivity contribution is -0.119. The predicted octanol–water partition coefficient (Wildman–Crippen LogP) is 2.97. The number of carbonyl (C=O) groups excluding carboxylic acids is 1. The van der Waals surface area contributed by atoms with Crippen molar-refractivity contribution < 1.29 is 4.79 Å². The maximum absolute atomic E-state index is 11.8. The predicted molar refractivity (Wildman–Crippen MR) is 78.8 cm³/mol. The molecule has 0 saturated heterocycles. The van der Waals surface area contributed by atoms with Crippen LogP contribution >= 0.6 is 11.8 Å². The molecule has 3 N–H and O–H groups in total. The second kappa shape index (κ2) is 7.31. The lowest BCUT2D eigenvalue weighted by Crippen LogP contribution is -2.35. The molecule has 18 heavy (non-hydrogen) atoms. The van der Waals surface area contributed by atoms with E-state index in [0.717, 1.165) is 29.0 Å². The van der Waals surface area contributed by atoms with Crippen LogP contribution in [0.4, 0.5) is 5.69 Å². The van der Waals surface area contributed by atoms with Gasteiger partial charge in [0.1, 0.15) is 0 Å². The number of nitrogens with one attached hydrogen (secondary N) is 1. The highest BCUT2D eigenvalue weighted by Gasteiger charge is 2.09. The van der Waals surface area contributed by atoms with Crippen molar-refractivity contribution in [3.05, 3.63) is 23.8 Å². The van der Waals surface area contributed by atoms with Crippen molar-refractivity contribution in [1.29, 1.82) is 0 Å². The van der Waals surface area contributed by atoms with E-state index in [2.05, 4.69) is 19.2 Å². The fraction of sp³-hybridized carbons (Fsp3) is 0.500. The summed E-state index contributed by atoms with van der Waals surface area (Å²) >= 11 is 1.49. The molecule has 0 unspecified atom stereocenters. The molecule has 0 aliphatic rings. The number of nitrogen functional groups attached to an aromatic ring is 1. The summed E-state index contributed by atoms with van der Waals surface area (Å²) in [6.45, 7) is 6.17. The topological polar surface area (TPSA) is 55.1 Å². The summed E-state index contributed by atoms with van der Waals surface area (Å²) in [5.41, 5.74) is 7.79. The number of hydrogen-bond donors (Lipinski definition) is 2. The van der Waals surface area contributed by atoms with Crippen LogP contribution < -0.4 is 11.1 Å². The number of aryl methyl sites for hydroxylation is 1. The van der Waals surface area contributed by atoms with Crippen LogP contribution in [0.15, 0.2) is 23.1 Å². The molecule has 0 saturated carbocycles. The Morgan fingerprint density at radius 3 is 2.61 bits per heavy atom. The average molecular weight is 266 g/mol. The van der Waals surface area contributed by atoms with Crippen molar-refractivity contribution in [3.8, 4) is 0 Å². The van der Waals surface area contributed by atoms with Gasteiger partial charge in [-0.3, -0.25) is 4.79 Å². The zero-order chi connectivity index (χ0) is 13.5. The van der Waals surface area contributed by atoms with Gasteiger partial charge in [-0.2, -0.15) is 0 Å². The minimum atomic E-state index is 0.0775. The Bertz CT molecular complexity index is 403. The van der Waals surface area contributed by atoms with E-state index in [1.165, 1.54) is 11.8 Å². The molecule has 1 amide bonds. The molecule has 0 radical (unpaired) electrons. The van der Waals surface area contributed by atoms with Gasteiger partial charge in [-0.15, -0.1) is 11.8 Å². The van der Waals surface area contributed by atoms with E-state index in [1.54, 1.807) is 0 Å². The van der Waals surface area contributed by atoms with Gasteiger partial charge >= 0.3 is 0 Å². The van der Waals surface area contributed by atoms with Gasteiger partial charge in [-0.1, -0.05) is 19.9 Å². The summed E-state index contributed by atoms with van der Waals surface area (Å²) in [7, 11) is 0. The second-order valence-electron chi connectivity index (χ2n) is 4.41. The fourth-order valence-electron chi connectivity index (χ4n) is 1.70. The molecule has 4 heteroatoms. The van der Waals surface area contributed by atoms with Crippen molar-refractivity contribution >= 4 is 23.4 Å². The number of nitrogens with two attached hydrogens (primary N) is 1. The zero-order valence-electron chi connectivity index (χ0n) is 11.3. The molecule has 0 atom stereocenters. The summed E-state index contributed by atoms with van der Waals surface area (Å²) < 4.78 is 0. The zero-order valence-corrected chi connectivity index (χ0v) is 12.1. The summed E-state index contributed by atoms with van der Waals surface area (Å²) in [5.74, 6) is 0.498. The molecule has 0 aliphatic heterocycles.